The Balaban J connectivity index is 1.75. The average Bonchev–Trinajstić information content (AvgIpc) is 2.67. The fraction of sp³-hybridized carbons (Fsp3) is 0.238. The summed E-state index contributed by atoms with van der Waals surface area (Å²) in [6.07, 6.45) is 2.67. The van der Waals surface area contributed by atoms with Gasteiger partial charge in [0, 0.05) is 18.3 Å². The Bertz CT molecular complexity index is 946. The molecule has 0 aliphatic rings. The van der Waals surface area contributed by atoms with E-state index in [0.29, 0.717) is 18.2 Å². The molecule has 1 aromatic heterocycles. The summed E-state index contributed by atoms with van der Waals surface area (Å²) in [6, 6.07) is 15.5. The molecule has 0 fully saturated rings. The number of hydrogen-bond acceptors (Lipinski definition) is 4. The van der Waals surface area contributed by atoms with Crippen LogP contribution in [0.2, 0.25) is 0 Å². The van der Waals surface area contributed by atoms with Crippen molar-refractivity contribution in [2.24, 2.45) is 0 Å². The van der Waals surface area contributed by atoms with Crippen molar-refractivity contribution in [1.82, 2.24) is 9.55 Å². The number of hydrogen-bond donors (Lipinski definition) is 0. The van der Waals surface area contributed by atoms with Gasteiger partial charge in [0.1, 0.15) is 12.4 Å². The van der Waals surface area contributed by atoms with Crippen LogP contribution in [0.25, 0.3) is 5.69 Å². The lowest BCUT2D eigenvalue weighted by Gasteiger charge is -2.10. The van der Waals surface area contributed by atoms with E-state index in [1.807, 2.05) is 37.3 Å². The Hall–Kier alpha value is -3.08. The van der Waals surface area contributed by atoms with Crippen LogP contribution in [0.15, 0.2) is 59.5 Å². The first kappa shape index (κ1) is 17.7. The molecule has 5 heteroatoms. The van der Waals surface area contributed by atoms with Crippen LogP contribution in [-0.4, -0.2) is 16.7 Å². The zero-order valence-corrected chi connectivity index (χ0v) is 15.2. The number of ether oxygens (including phenoxy) is 2. The van der Waals surface area contributed by atoms with E-state index in [9.17, 15) is 4.79 Å². The van der Waals surface area contributed by atoms with Crippen molar-refractivity contribution < 1.29 is 9.47 Å². The van der Waals surface area contributed by atoms with Crippen LogP contribution in [0.3, 0.4) is 0 Å². The minimum atomic E-state index is -0.394. The molecule has 0 bridgehead atoms. The van der Waals surface area contributed by atoms with Gasteiger partial charge in [0.25, 0.3) is 0 Å². The van der Waals surface area contributed by atoms with Gasteiger partial charge in [-0.25, -0.2) is 4.79 Å². The predicted molar refractivity (Wildman–Crippen MR) is 101 cm³/mol. The molecule has 0 radical (unpaired) electrons. The molecule has 0 unspecified atom stereocenters. The summed E-state index contributed by atoms with van der Waals surface area (Å²) in [5.74, 6) is 1.04. The molecular weight excluding hydrogens is 328 g/mol. The zero-order valence-electron chi connectivity index (χ0n) is 15.2. The molecule has 0 aliphatic carbocycles. The van der Waals surface area contributed by atoms with Gasteiger partial charge in [0.15, 0.2) is 0 Å². The molecule has 3 rings (SSSR count). The SMILES string of the molecule is CCc1ccc(COc2ccn(-c3ccc(C)c(OC)c3)c(=O)n2)cc1. The number of rotatable bonds is 6. The Morgan fingerprint density at radius 3 is 2.42 bits per heavy atom. The minimum Gasteiger partial charge on any atom is -0.496 e. The van der Waals surface area contributed by atoms with E-state index in [1.54, 1.807) is 19.4 Å². The number of aryl methyl sites for hydroxylation is 2. The smallest absolute Gasteiger partial charge is 0.355 e. The summed E-state index contributed by atoms with van der Waals surface area (Å²) in [7, 11) is 1.61. The van der Waals surface area contributed by atoms with Gasteiger partial charge < -0.3 is 9.47 Å². The van der Waals surface area contributed by atoms with Crippen molar-refractivity contribution in [3.05, 3.63) is 81.9 Å². The maximum Gasteiger partial charge on any atom is 0.355 e. The largest absolute Gasteiger partial charge is 0.496 e. The highest BCUT2D eigenvalue weighted by Crippen LogP contribution is 2.21. The second-order valence-electron chi connectivity index (χ2n) is 6.03. The second-order valence-corrected chi connectivity index (χ2v) is 6.03. The minimum absolute atomic E-state index is 0.310. The van der Waals surface area contributed by atoms with Crippen molar-refractivity contribution in [3.63, 3.8) is 0 Å². The topological polar surface area (TPSA) is 53.4 Å². The number of methoxy groups -OCH3 is 1. The van der Waals surface area contributed by atoms with Crippen LogP contribution in [0.5, 0.6) is 11.6 Å². The Morgan fingerprint density at radius 1 is 1.04 bits per heavy atom. The molecular formula is C21H22N2O3. The van der Waals surface area contributed by atoms with Crippen molar-refractivity contribution in [3.8, 4) is 17.3 Å². The Labute approximate surface area is 152 Å². The Kier molecular flexibility index (Phi) is 5.37. The van der Waals surface area contributed by atoms with Gasteiger partial charge in [0.2, 0.25) is 5.88 Å². The third-order valence-electron chi connectivity index (χ3n) is 4.27. The molecule has 5 nitrogen and oxygen atoms in total. The lowest BCUT2D eigenvalue weighted by molar-refractivity contribution is 0.291. The highest BCUT2D eigenvalue weighted by molar-refractivity contribution is 5.44. The first-order chi connectivity index (χ1) is 12.6. The number of benzene rings is 2. The van der Waals surface area contributed by atoms with E-state index in [4.69, 9.17) is 9.47 Å². The summed E-state index contributed by atoms with van der Waals surface area (Å²) < 4.78 is 12.4. The van der Waals surface area contributed by atoms with Crippen LogP contribution >= 0.6 is 0 Å². The van der Waals surface area contributed by atoms with E-state index in [2.05, 4.69) is 24.0 Å². The quantitative estimate of drug-likeness (QED) is 0.680. The molecule has 0 saturated carbocycles. The highest BCUT2D eigenvalue weighted by atomic mass is 16.5. The number of nitrogens with zero attached hydrogens (tertiary/aromatic N) is 2. The van der Waals surface area contributed by atoms with E-state index in [1.165, 1.54) is 10.1 Å². The van der Waals surface area contributed by atoms with E-state index in [-0.39, 0.29) is 0 Å². The lowest BCUT2D eigenvalue weighted by Crippen LogP contribution is -2.21. The zero-order chi connectivity index (χ0) is 18.5. The summed E-state index contributed by atoms with van der Waals surface area (Å²) >= 11 is 0. The molecule has 134 valence electrons. The standard InChI is InChI=1S/C21H22N2O3/c1-4-16-6-8-17(9-7-16)14-26-20-11-12-23(21(24)22-20)18-10-5-15(2)19(13-18)25-3/h5-13H,4,14H2,1-3H3. The van der Waals surface area contributed by atoms with Crippen molar-refractivity contribution in [2.75, 3.05) is 7.11 Å². The monoisotopic (exact) mass is 350 g/mol. The normalized spacial score (nSPS) is 10.6. The van der Waals surface area contributed by atoms with Gasteiger partial charge in [-0.3, -0.25) is 4.57 Å². The first-order valence-corrected chi connectivity index (χ1v) is 8.56. The third kappa shape index (κ3) is 3.94. The molecule has 3 aromatic rings. The van der Waals surface area contributed by atoms with Crippen LogP contribution in [-0.2, 0) is 13.0 Å². The maximum absolute atomic E-state index is 12.4. The maximum atomic E-state index is 12.4. The Morgan fingerprint density at radius 2 is 1.77 bits per heavy atom. The van der Waals surface area contributed by atoms with Gasteiger partial charge in [-0.1, -0.05) is 37.3 Å². The van der Waals surface area contributed by atoms with E-state index in [0.717, 1.165) is 23.3 Å². The summed E-state index contributed by atoms with van der Waals surface area (Å²) in [5.41, 5.74) is 3.63. The van der Waals surface area contributed by atoms with Gasteiger partial charge in [0.05, 0.1) is 12.8 Å². The third-order valence-corrected chi connectivity index (χ3v) is 4.27. The average molecular weight is 350 g/mol. The van der Waals surface area contributed by atoms with Gasteiger partial charge in [-0.15, -0.1) is 0 Å². The van der Waals surface area contributed by atoms with Crippen molar-refractivity contribution in [2.45, 2.75) is 26.9 Å². The van der Waals surface area contributed by atoms with E-state index < -0.39 is 5.69 Å². The summed E-state index contributed by atoms with van der Waals surface area (Å²) in [5, 5.41) is 0. The number of aromatic nitrogens is 2. The van der Waals surface area contributed by atoms with Crippen LogP contribution < -0.4 is 15.2 Å². The second kappa shape index (κ2) is 7.87. The van der Waals surface area contributed by atoms with Crippen LogP contribution in [0.4, 0.5) is 0 Å². The molecule has 26 heavy (non-hydrogen) atoms. The molecule has 0 amide bonds. The molecule has 0 aliphatic heterocycles. The molecule has 0 saturated heterocycles. The summed E-state index contributed by atoms with van der Waals surface area (Å²) in [4.78, 5) is 16.4. The van der Waals surface area contributed by atoms with Crippen LogP contribution in [0.1, 0.15) is 23.6 Å². The lowest BCUT2D eigenvalue weighted by atomic mass is 10.1. The molecule has 2 aromatic carbocycles. The molecule has 1 heterocycles. The van der Waals surface area contributed by atoms with Crippen molar-refractivity contribution in [1.29, 1.82) is 0 Å². The first-order valence-electron chi connectivity index (χ1n) is 8.56. The molecule has 0 spiro atoms. The van der Waals surface area contributed by atoms with Crippen LogP contribution in [0, 0.1) is 6.92 Å². The predicted octanol–water partition coefficient (Wildman–Crippen LogP) is 3.69. The van der Waals surface area contributed by atoms with Crippen molar-refractivity contribution >= 4 is 0 Å². The highest BCUT2D eigenvalue weighted by Gasteiger charge is 2.07. The molecule has 0 atom stereocenters. The van der Waals surface area contributed by atoms with E-state index >= 15 is 0 Å². The van der Waals surface area contributed by atoms with Gasteiger partial charge in [-0.05, 0) is 36.1 Å². The van der Waals surface area contributed by atoms with Gasteiger partial charge >= 0.3 is 5.69 Å². The van der Waals surface area contributed by atoms with Gasteiger partial charge in [-0.2, -0.15) is 4.98 Å². The fourth-order valence-electron chi connectivity index (χ4n) is 2.65. The fourth-order valence-corrected chi connectivity index (χ4v) is 2.65. The molecule has 0 N–H and O–H groups in total. The summed E-state index contributed by atoms with van der Waals surface area (Å²) in [6.45, 7) is 4.44.